The number of aryl methyl sites for hydroxylation is 1. The van der Waals surface area contributed by atoms with E-state index in [1.807, 2.05) is 26.0 Å². The van der Waals surface area contributed by atoms with Gasteiger partial charge in [-0.2, -0.15) is 0 Å². The molecule has 0 unspecified atom stereocenters. The zero-order chi connectivity index (χ0) is 20.5. The van der Waals surface area contributed by atoms with Gasteiger partial charge in [-0.05, 0) is 32.9 Å². The first-order chi connectivity index (χ1) is 13.9. The lowest BCUT2D eigenvalue weighted by Crippen LogP contribution is -2.18. The minimum Gasteiger partial charge on any atom is -0.368 e. The molecule has 0 atom stereocenters. The molecule has 0 saturated heterocycles. The molecular formula is C21H22N6O2. The van der Waals surface area contributed by atoms with Crippen LogP contribution < -0.4 is 16.2 Å². The third-order valence-electron chi connectivity index (χ3n) is 4.68. The van der Waals surface area contributed by atoms with Gasteiger partial charge in [-0.25, -0.2) is 4.98 Å². The maximum atomic E-state index is 13.1. The lowest BCUT2D eigenvalue weighted by molar-refractivity contribution is 0.103. The van der Waals surface area contributed by atoms with Crippen LogP contribution in [0.2, 0.25) is 0 Å². The second-order valence-corrected chi connectivity index (χ2v) is 7.21. The summed E-state index contributed by atoms with van der Waals surface area (Å²) in [4.78, 5) is 40.0. The van der Waals surface area contributed by atoms with E-state index in [9.17, 15) is 9.59 Å². The van der Waals surface area contributed by atoms with Crippen molar-refractivity contribution in [1.29, 1.82) is 0 Å². The molecule has 3 aromatic heterocycles. The van der Waals surface area contributed by atoms with Crippen LogP contribution >= 0.6 is 0 Å². The van der Waals surface area contributed by atoms with Crippen LogP contribution in [0.25, 0.3) is 17.3 Å². The van der Waals surface area contributed by atoms with Crippen LogP contribution in [0.1, 0.15) is 41.0 Å². The van der Waals surface area contributed by atoms with E-state index in [0.717, 1.165) is 17.9 Å². The molecule has 1 aliphatic heterocycles. The van der Waals surface area contributed by atoms with Crippen LogP contribution in [0.3, 0.4) is 0 Å². The zero-order valence-corrected chi connectivity index (χ0v) is 16.5. The van der Waals surface area contributed by atoms with Gasteiger partial charge in [-0.3, -0.25) is 19.6 Å². The van der Waals surface area contributed by atoms with Crippen molar-refractivity contribution in [2.75, 3.05) is 17.2 Å². The van der Waals surface area contributed by atoms with E-state index < -0.39 is 0 Å². The standard InChI is InChI=1S/C21H22N6O2/c1-11(2)25-21-24-10-16(20(29)27-21)17-7-6-13(12(3)26-17)18(28)15-9-23-19-14(15)5-4-8-22-19/h4-7,9-11,22-23H,8H2,1-3H3,(H2,24,25,27,29). The third kappa shape index (κ3) is 3.56. The van der Waals surface area contributed by atoms with Crippen LogP contribution in [-0.4, -0.2) is 38.3 Å². The Morgan fingerprint density at radius 1 is 1.24 bits per heavy atom. The zero-order valence-electron chi connectivity index (χ0n) is 16.5. The molecule has 0 fully saturated rings. The van der Waals surface area contributed by atoms with E-state index in [2.05, 4.69) is 30.6 Å². The van der Waals surface area contributed by atoms with Gasteiger partial charge >= 0.3 is 0 Å². The van der Waals surface area contributed by atoms with Crippen LogP contribution in [0, 0.1) is 6.92 Å². The highest BCUT2D eigenvalue weighted by molar-refractivity contribution is 6.12. The van der Waals surface area contributed by atoms with Gasteiger partial charge in [0.2, 0.25) is 5.95 Å². The largest absolute Gasteiger partial charge is 0.368 e. The van der Waals surface area contributed by atoms with E-state index >= 15 is 0 Å². The lowest BCUT2D eigenvalue weighted by atomic mass is 9.99. The number of nitrogens with zero attached hydrogens (tertiary/aromatic N) is 2. The van der Waals surface area contributed by atoms with Crippen molar-refractivity contribution in [1.82, 2.24) is 19.9 Å². The number of rotatable bonds is 5. The number of aromatic nitrogens is 4. The summed E-state index contributed by atoms with van der Waals surface area (Å²) in [6, 6.07) is 3.53. The molecule has 0 aromatic carbocycles. The number of aromatic amines is 2. The first kappa shape index (κ1) is 18.7. The number of ketones is 1. The van der Waals surface area contributed by atoms with Crippen molar-refractivity contribution >= 4 is 23.6 Å². The molecule has 0 aliphatic carbocycles. The van der Waals surface area contributed by atoms with E-state index in [1.54, 1.807) is 25.3 Å². The second kappa shape index (κ2) is 7.38. The first-order valence-corrected chi connectivity index (χ1v) is 9.44. The van der Waals surface area contributed by atoms with Crippen molar-refractivity contribution < 1.29 is 4.79 Å². The summed E-state index contributed by atoms with van der Waals surface area (Å²) >= 11 is 0. The SMILES string of the molecule is Cc1nc(-c2cnc(NC(C)C)[nH]c2=O)ccc1C(=O)c1c[nH]c2c1C=CCN2. The topological polar surface area (TPSA) is 116 Å². The number of hydrogen-bond donors (Lipinski definition) is 4. The Hall–Kier alpha value is -3.68. The van der Waals surface area contributed by atoms with Crippen LogP contribution in [0.5, 0.6) is 0 Å². The van der Waals surface area contributed by atoms with E-state index in [1.165, 1.54) is 6.20 Å². The highest BCUT2D eigenvalue weighted by atomic mass is 16.1. The molecule has 29 heavy (non-hydrogen) atoms. The van der Waals surface area contributed by atoms with Gasteiger partial charge in [0.05, 0.1) is 11.3 Å². The molecule has 8 heteroatoms. The number of fused-ring (bicyclic) bond motifs is 1. The molecule has 0 spiro atoms. The minimum atomic E-state index is -0.287. The van der Waals surface area contributed by atoms with Crippen LogP contribution in [0.15, 0.2) is 35.4 Å². The highest BCUT2D eigenvalue weighted by Gasteiger charge is 2.21. The Bertz CT molecular complexity index is 1170. The van der Waals surface area contributed by atoms with E-state index in [4.69, 9.17) is 0 Å². The minimum absolute atomic E-state index is 0.115. The monoisotopic (exact) mass is 390 g/mol. The fourth-order valence-electron chi connectivity index (χ4n) is 3.30. The molecule has 148 valence electrons. The van der Waals surface area contributed by atoms with Crippen molar-refractivity contribution in [2.24, 2.45) is 0 Å². The number of anilines is 2. The molecule has 1 aliphatic rings. The van der Waals surface area contributed by atoms with Gasteiger partial charge in [-0.15, -0.1) is 0 Å². The van der Waals surface area contributed by atoms with Crippen molar-refractivity contribution in [3.05, 3.63) is 63.3 Å². The van der Waals surface area contributed by atoms with Gasteiger partial charge in [0.15, 0.2) is 5.78 Å². The predicted octanol–water partition coefficient (Wildman–Crippen LogP) is 2.96. The molecule has 4 N–H and O–H groups in total. The summed E-state index contributed by atoms with van der Waals surface area (Å²) in [5.74, 6) is 1.14. The van der Waals surface area contributed by atoms with Crippen molar-refractivity contribution in [3.8, 4) is 11.3 Å². The summed E-state index contributed by atoms with van der Waals surface area (Å²) in [6.45, 7) is 6.41. The molecule has 0 bridgehead atoms. The van der Waals surface area contributed by atoms with Crippen molar-refractivity contribution in [2.45, 2.75) is 26.8 Å². The number of carbonyl (C=O) groups excluding carboxylic acids is 1. The molecule has 0 saturated carbocycles. The second-order valence-electron chi connectivity index (χ2n) is 7.21. The molecule has 8 nitrogen and oxygen atoms in total. The Morgan fingerprint density at radius 2 is 2.07 bits per heavy atom. The van der Waals surface area contributed by atoms with Crippen LogP contribution in [0.4, 0.5) is 11.8 Å². The summed E-state index contributed by atoms with van der Waals surface area (Å²) in [5.41, 5.74) is 3.03. The maximum absolute atomic E-state index is 13.1. The summed E-state index contributed by atoms with van der Waals surface area (Å²) in [6.07, 6.45) is 7.10. The average Bonchev–Trinajstić information content (AvgIpc) is 3.11. The Balaban J connectivity index is 1.65. The number of hydrogen-bond acceptors (Lipinski definition) is 6. The number of H-pyrrole nitrogens is 2. The first-order valence-electron chi connectivity index (χ1n) is 9.44. The molecular weight excluding hydrogens is 368 g/mol. The molecule has 3 aromatic rings. The Morgan fingerprint density at radius 3 is 2.79 bits per heavy atom. The smallest absolute Gasteiger partial charge is 0.261 e. The van der Waals surface area contributed by atoms with E-state index in [0.29, 0.717) is 34.0 Å². The van der Waals surface area contributed by atoms with Crippen LogP contribution in [-0.2, 0) is 0 Å². The van der Waals surface area contributed by atoms with Gasteiger partial charge in [0, 0.05) is 47.4 Å². The van der Waals surface area contributed by atoms with Gasteiger partial charge in [0.1, 0.15) is 5.82 Å². The highest BCUT2D eigenvalue weighted by Crippen LogP contribution is 2.27. The molecule has 0 radical (unpaired) electrons. The molecule has 4 rings (SSSR count). The van der Waals surface area contributed by atoms with Crippen molar-refractivity contribution in [3.63, 3.8) is 0 Å². The predicted molar refractivity (Wildman–Crippen MR) is 113 cm³/mol. The quantitative estimate of drug-likeness (QED) is 0.498. The van der Waals surface area contributed by atoms with E-state index in [-0.39, 0.29) is 17.4 Å². The molecule has 0 amide bonds. The Kier molecular flexibility index (Phi) is 4.75. The number of carbonyl (C=O) groups is 1. The normalized spacial score (nSPS) is 12.6. The maximum Gasteiger partial charge on any atom is 0.261 e. The molecule has 4 heterocycles. The van der Waals surface area contributed by atoms with Gasteiger partial charge < -0.3 is 15.6 Å². The van der Waals surface area contributed by atoms with Gasteiger partial charge in [0.25, 0.3) is 5.56 Å². The summed E-state index contributed by atoms with van der Waals surface area (Å²) in [7, 11) is 0. The fourth-order valence-corrected chi connectivity index (χ4v) is 3.30. The Labute approximate surface area is 167 Å². The average molecular weight is 390 g/mol. The fraction of sp³-hybridized carbons (Fsp3) is 0.238. The number of nitrogens with one attached hydrogen (secondary N) is 4. The van der Waals surface area contributed by atoms with Gasteiger partial charge in [-0.1, -0.05) is 12.2 Å². The number of pyridine rings is 1. The third-order valence-corrected chi connectivity index (χ3v) is 4.68. The summed E-state index contributed by atoms with van der Waals surface area (Å²) in [5, 5.41) is 6.25. The lowest BCUT2D eigenvalue weighted by Gasteiger charge is -2.11. The summed E-state index contributed by atoms with van der Waals surface area (Å²) < 4.78 is 0.